The van der Waals surface area contributed by atoms with Gasteiger partial charge in [-0.2, -0.15) is 4.98 Å². The molecule has 5 nitrogen and oxygen atoms in total. The minimum Gasteiger partial charge on any atom is -0.357 e. The van der Waals surface area contributed by atoms with E-state index in [0.717, 1.165) is 0 Å². The average Bonchev–Trinajstić information content (AvgIpc) is 2.59. The quantitative estimate of drug-likeness (QED) is 0.754. The fraction of sp³-hybridized carbons (Fsp3) is 0.0625. The molecule has 0 atom stereocenters. The Bertz CT molecular complexity index is 806. The molecule has 0 fully saturated rings. The van der Waals surface area contributed by atoms with Crippen molar-refractivity contribution in [1.82, 2.24) is 15.0 Å². The first-order valence-electron chi connectivity index (χ1n) is 6.86. The molecular weight excluding hydrogens is 317 g/mol. The van der Waals surface area contributed by atoms with Crippen molar-refractivity contribution in [2.75, 3.05) is 17.7 Å². The van der Waals surface area contributed by atoms with E-state index in [1.807, 2.05) is 18.2 Å². The SMILES string of the molecule is CNc1nc(Nc2c(F)cccc2Cl)cc(-c2ccccn2)n1. The Morgan fingerprint density at radius 3 is 2.61 bits per heavy atom. The highest BCUT2D eigenvalue weighted by molar-refractivity contribution is 6.33. The summed E-state index contributed by atoms with van der Waals surface area (Å²) in [6.45, 7) is 0. The highest BCUT2D eigenvalue weighted by Crippen LogP contribution is 2.29. The molecule has 0 saturated carbocycles. The van der Waals surface area contributed by atoms with Gasteiger partial charge in [-0.25, -0.2) is 9.37 Å². The zero-order valence-corrected chi connectivity index (χ0v) is 13.0. The van der Waals surface area contributed by atoms with E-state index in [1.54, 1.807) is 31.4 Å². The van der Waals surface area contributed by atoms with Crippen LogP contribution in [0.3, 0.4) is 0 Å². The van der Waals surface area contributed by atoms with Gasteiger partial charge in [0.2, 0.25) is 5.95 Å². The summed E-state index contributed by atoms with van der Waals surface area (Å²) in [5.74, 6) is 0.349. The number of nitrogens with zero attached hydrogens (tertiary/aromatic N) is 3. The highest BCUT2D eigenvalue weighted by atomic mass is 35.5. The van der Waals surface area contributed by atoms with E-state index in [4.69, 9.17) is 11.6 Å². The smallest absolute Gasteiger partial charge is 0.225 e. The molecule has 3 aromatic rings. The third-order valence-electron chi connectivity index (χ3n) is 3.09. The van der Waals surface area contributed by atoms with Crippen LogP contribution in [0.15, 0.2) is 48.7 Å². The van der Waals surface area contributed by atoms with Gasteiger partial charge in [0.15, 0.2) is 0 Å². The lowest BCUT2D eigenvalue weighted by Gasteiger charge is -2.11. The van der Waals surface area contributed by atoms with Crippen molar-refractivity contribution in [3.63, 3.8) is 0 Å². The van der Waals surface area contributed by atoms with Gasteiger partial charge in [0, 0.05) is 19.3 Å². The third kappa shape index (κ3) is 3.37. The number of rotatable bonds is 4. The number of pyridine rings is 1. The van der Waals surface area contributed by atoms with E-state index in [-0.39, 0.29) is 10.7 Å². The Hall–Kier alpha value is -2.73. The Morgan fingerprint density at radius 1 is 1.04 bits per heavy atom. The molecule has 1 aromatic carbocycles. The van der Waals surface area contributed by atoms with E-state index in [2.05, 4.69) is 25.6 Å². The van der Waals surface area contributed by atoms with Crippen LogP contribution < -0.4 is 10.6 Å². The highest BCUT2D eigenvalue weighted by Gasteiger charge is 2.11. The first kappa shape index (κ1) is 15.2. The van der Waals surface area contributed by atoms with Crippen LogP contribution in [-0.4, -0.2) is 22.0 Å². The van der Waals surface area contributed by atoms with E-state index in [1.165, 1.54) is 6.07 Å². The topological polar surface area (TPSA) is 62.7 Å². The lowest BCUT2D eigenvalue weighted by molar-refractivity contribution is 0.632. The van der Waals surface area contributed by atoms with Gasteiger partial charge >= 0.3 is 0 Å². The molecule has 0 aliphatic carbocycles. The van der Waals surface area contributed by atoms with Gasteiger partial charge in [0.25, 0.3) is 0 Å². The van der Waals surface area contributed by atoms with Crippen molar-refractivity contribution in [2.45, 2.75) is 0 Å². The lowest BCUT2D eigenvalue weighted by Crippen LogP contribution is -2.03. The molecule has 0 radical (unpaired) electrons. The Labute approximate surface area is 137 Å². The molecule has 2 heterocycles. The summed E-state index contributed by atoms with van der Waals surface area (Å²) in [5, 5.41) is 6.05. The maximum Gasteiger partial charge on any atom is 0.225 e. The number of hydrogen-bond acceptors (Lipinski definition) is 5. The van der Waals surface area contributed by atoms with Crippen molar-refractivity contribution < 1.29 is 4.39 Å². The Kier molecular flexibility index (Phi) is 4.34. The summed E-state index contributed by atoms with van der Waals surface area (Å²) in [4.78, 5) is 12.9. The molecule has 23 heavy (non-hydrogen) atoms. The fourth-order valence-electron chi connectivity index (χ4n) is 2.01. The van der Waals surface area contributed by atoms with Gasteiger partial charge in [0.05, 0.1) is 22.1 Å². The van der Waals surface area contributed by atoms with Crippen LogP contribution in [0.1, 0.15) is 0 Å². The van der Waals surface area contributed by atoms with Crippen LogP contribution in [0.5, 0.6) is 0 Å². The molecule has 0 bridgehead atoms. The largest absolute Gasteiger partial charge is 0.357 e. The third-order valence-corrected chi connectivity index (χ3v) is 3.41. The predicted molar refractivity (Wildman–Crippen MR) is 89.5 cm³/mol. The second-order valence-corrected chi connectivity index (χ2v) is 5.06. The Morgan fingerprint density at radius 2 is 1.91 bits per heavy atom. The van der Waals surface area contributed by atoms with Crippen molar-refractivity contribution in [3.05, 3.63) is 59.5 Å². The number of para-hydroxylation sites is 1. The van der Waals surface area contributed by atoms with Crippen molar-refractivity contribution in [2.24, 2.45) is 0 Å². The second kappa shape index (κ2) is 6.58. The van der Waals surface area contributed by atoms with Crippen LogP contribution in [0, 0.1) is 5.82 Å². The average molecular weight is 330 g/mol. The van der Waals surface area contributed by atoms with Crippen LogP contribution in [0.4, 0.5) is 21.8 Å². The summed E-state index contributed by atoms with van der Waals surface area (Å²) in [5.41, 5.74) is 1.47. The monoisotopic (exact) mass is 329 g/mol. The number of halogens is 2. The minimum atomic E-state index is -0.457. The van der Waals surface area contributed by atoms with E-state index >= 15 is 0 Å². The zero-order valence-electron chi connectivity index (χ0n) is 12.2. The summed E-state index contributed by atoms with van der Waals surface area (Å²) >= 11 is 6.04. The fourth-order valence-corrected chi connectivity index (χ4v) is 2.22. The Balaban J connectivity index is 2.03. The molecule has 0 spiro atoms. The van der Waals surface area contributed by atoms with Crippen molar-refractivity contribution >= 4 is 29.1 Å². The summed E-state index contributed by atoms with van der Waals surface area (Å²) < 4.78 is 13.9. The lowest BCUT2D eigenvalue weighted by atomic mass is 10.2. The standard InChI is InChI=1S/C16H13ClFN5/c1-19-16-21-13(12-7-2-3-8-20-12)9-14(23-16)22-15-10(17)5-4-6-11(15)18/h2-9H,1H3,(H2,19,21,22,23). The molecule has 2 aromatic heterocycles. The van der Waals surface area contributed by atoms with Gasteiger partial charge in [-0.3, -0.25) is 4.98 Å². The van der Waals surface area contributed by atoms with E-state index in [9.17, 15) is 4.39 Å². The molecular formula is C16H13ClFN5. The van der Waals surface area contributed by atoms with Crippen LogP contribution in [0.25, 0.3) is 11.4 Å². The van der Waals surface area contributed by atoms with Crippen LogP contribution in [-0.2, 0) is 0 Å². The predicted octanol–water partition coefficient (Wildman–Crippen LogP) is 4.12. The number of hydrogen-bond donors (Lipinski definition) is 2. The molecule has 0 amide bonds. The van der Waals surface area contributed by atoms with Crippen molar-refractivity contribution in [1.29, 1.82) is 0 Å². The molecule has 0 saturated heterocycles. The maximum atomic E-state index is 13.9. The molecule has 2 N–H and O–H groups in total. The van der Waals surface area contributed by atoms with Gasteiger partial charge in [-0.15, -0.1) is 0 Å². The van der Waals surface area contributed by atoms with Gasteiger partial charge in [0.1, 0.15) is 11.6 Å². The number of aromatic nitrogens is 3. The molecule has 0 aliphatic rings. The summed E-state index contributed by atoms with van der Waals surface area (Å²) in [7, 11) is 1.71. The molecule has 7 heteroatoms. The number of nitrogens with one attached hydrogen (secondary N) is 2. The first-order valence-corrected chi connectivity index (χ1v) is 7.24. The van der Waals surface area contributed by atoms with Gasteiger partial charge in [-0.1, -0.05) is 23.7 Å². The molecule has 0 aliphatic heterocycles. The number of benzene rings is 1. The molecule has 3 rings (SSSR count). The van der Waals surface area contributed by atoms with Crippen LogP contribution in [0.2, 0.25) is 5.02 Å². The van der Waals surface area contributed by atoms with Crippen LogP contribution >= 0.6 is 11.6 Å². The number of anilines is 3. The maximum absolute atomic E-state index is 13.9. The van der Waals surface area contributed by atoms with E-state index < -0.39 is 5.82 Å². The normalized spacial score (nSPS) is 10.4. The summed E-state index contributed by atoms with van der Waals surface area (Å²) in [6, 6.07) is 11.7. The van der Waals surface area contributed by atoms with Gasteiger partial charge in [-0.05, 0) is 24.3 Å². The minimum absolute atomic E-state index is 0.168. The second-order valence-electron chi connectivity index (χ2n) is 4.65. The summed E-state index contributed by atoms with van der Waals surface area (Å²) in [6.07, 6.45) is 1.68. The first-order chi connectivity index (χ1) is 11.2. The van der Waals surface area contributed by atoms with E-state index in [0.29, 0.717) is 23.2 Å². The van der Waals surface area contributed by atoms with Gasteiger partial charge < -0.3 is 10.6 Å². The van der Waals surface area contributed by atoms with Crippen molar-refractivity contribution in [3.8, 4) is 11.4 Å². The molecule has 0 unspecified atom stereocenters. The zero-order chi connectivity index (χ0) is 16.2. The molecule has 116 valence electrons.